The first-order chi connectivity index (χ1) is 8.76. The molecule has 0 aromatic carbocycles. The minimum absolute atomic E-state index is 0.0333. The second-order valence-electron chi connectivity index (χ2n) is 3.35. The Kier molecular flexibility index (Phi) is 4.98. The first-order valence-electron chi connectivity index (χ1n) is 4.87. The molecule has 1 aromatic heterocycles. The van der Waals surface area contributed by atoms with Crippen molar-refractivity contribution in [3.63, 3.8) is 0 Å². The molecule has 0 amide bonds. The van der Waals surface area contributed by atoms with Gasteiger partial charge in [0, 0.05) is 10.9 Å². The molecule has 0 unspecified atom stereocenters. The number of rotatable bonds is 4. The summed E-state index contributed by atoms with van der Waals surface area (Å²) in [6.07, 6.45) is -5.44. The molecule has 1 N–H and O–H groups in total. The lowest BCUT2D eigenvalue weighted by molar-refractivity contribution is -0.276. The van der Waals surface area contributed by atoms with Crippen molar-refractivity contribution >= 4 is 21.9 Å². The van der Waals surface area contributed by atoms with Crippen LogP contribution in [0.1, 0.15) is 11.3 Å². The van der Waals surface area contributed by atoms with Crippen LogP contribution in [-0.2, 0) is 21.3 Å². The van der Waals surface area contributed by atoms with E-state index in [9.17, 15) is 23.1 Å². The number of carbonyl (C=O) groups excluding carboxylic acids is 1. The van der Waals surface area contributed by atoms with Gasteiger partial charge in [0.2, 0.25) is 5.88 Å². The molecule has 1 rings (SSSR count). The smallest absolute Gasteiger partial charge is 0.506 e. The Hall–Kier alpha value is -1.51. The minimum atomic E-state index is -4.95. The molecule has 9 heteroatoms. The molecule has 0 aliphatic heterocycles. The summed E-state index contributed by atoms with van der Waals surface area (Å²) in [4.78, 5) is 14.6. The first-order valence-corrected chi connectivity index (χ1v) is 5.99. The second kappa shape index (κ2) is 6.09. The summed E-state index contributed by atoms with van der Waals surface area (Å²) >= 11 is 2.96. The van der Waals surface area contributed by atoms with Crippen molar-refractivity contribution in [2.75, 3.05) is 7.11 Å². The molecular formula is C10H9BrF3NO4. The Morgan fingerprint density at radius 2 is 2.16 bits per heavy atom. The summed E-state index contributed by atoms with van der Waals surface area (Å²) in [5.41, 5.74) is -0.251. The third kappa shape index (κ3) is 4.58. The van der Waals surface area contributed by atoms with Crippen LogP contribution >= 0.6 is 15.9 Å². The van der Waals surface area contributed by atoms with Crippen molar-refractivity contribution in [2.45, 2.75) is 18.1 Å². The fourth-order valence-corrected chi connectivity index (χ4v) is 1.63. The maximum atomic E-state index is 12.2. The lowest BCUT2D eigenvalue weighted by atomic mass is 10.1. The summed E-state index contributed by atoms with van der Waals surface area (Å²) in [6.45, 7) is 0. The van der Waals surface area contributed by atoms with Gasteiger partial charge in [0.25, 0.3) is 0 Å². The van der Waals surface area contributed by atoms with E-state index in [-0.39, 0.29) is 22.3 Å². The number of esters is 1. The van der Waals surface area contributed by atoms with Crippen LogP contribution in [0, 0.1) is 0 Å². The molecule has 0 atom stereocenters. The number of aromatic nitrogens is 1. The van der Waals surface area contributed by atoms with Crippen molar-refractivity contribution in [3.8, 4) is 11.6 Å². The van der Waals surface area contributed by atoms with Crippen molar-refractivity contribution in [2.24, 2.45) is 0 Å². The van der Waals surface area contributed by atoms with E-state index >= 15 is 0 Å². The molecule has 19 heavy (non-hydrogen) atoms. The standard InChI is InChI=1S/C10H9BrF3NO4/c1-18-8(17)3-5-2-7(16)6(4-11)15-9(5)19-10(12,13)14/h2,16H,3-4H2,1H3. The fourth-order valence-electron chi connectivity index (χ4n) is 1.21. The maximum Gasteiger partial charge on any atom is 0.574 e. The van der Waals surface area contributed by atoms with Crippen LogP contribution < -0.4 is 4.74 Å². The van der Waals surface area contributed by atoms with Crippen LogP contribution in [0.25, 0.3) is 0 Å². The highest BCUT2D eigenvalue weighted by Gasteiger charge is 2.33. The number of nitrogens with zero attached hydrogens (tertiary/aromatic N) is 1. The van der Waals surface area contributed by atoms with E-state index in [0.29, 0.717) is 0 Å². The Morgan fingerprint density at radius 3 is 2.63 bits per heavy atom. The first kappa shape index (κ1) is 15.5. The van der Waals surface area contributed by atoms with Crippen molar-refractivity contribution in [3.05, 3.63) is 17.3 Å². The number of halogens is 4. The Bertz CT molecular complexity index is 479. The molecule has 0 bridgehead atoms. The van der Waals surface area contributed by atoms with Crippen molar-refractivity contribution in [1.29, 1.82) is 0 Å². The predicted octanol–water partition coefficient (Wildman–Crippen LogP) is 2.30. The van der Waals surface area contributed by atoms with Crippen LogP contribution in [0.2, 0.25) is 0 Å². The van der Waals surface area contributed by atoms with Gasteiger partial charge >= 0.3 is 12.3 Å². The molecule has 0 saturated heterocycles. The number of hydrogen-bond acceptors (Lipinski definition) is 5. The zero-order valence-corrected chi connectivity index (χ0v) is 11.2. The van der Waals surface area contributed by atoms with Crippen LogP contribution in [-0.4, -0.2) is 29.5 Å². The van der Waals surface area contributed by atoms with Gasteiger partial charge in [0.1, 0.15) is 5.75 Å². The average Bonchev–Trinajstić information content (AvgIpc) is 2.30. The number of ether oxygens (including phenoxy) is 2. The van der Waals surface area contributed by atoms with E-state index in [1.54, 1.807) is 0 Å². The van der Waals surface area contributed by atoms with Gasteiger partial charge in [-0.3, -0.25) is 4.79 Å². The lowest BCUT2D eigenvalue weighted by Crippen LogP contribution is -2.20. The van der Waals surface area contributed by atoms with E-state index in [4.69, 9.17) is 0 Å². The number of pyridine rings is 1. The zero-order valence-electron chi connectivity index (χ0n) is 9.62. The fraction of sp³-hybridized carbons (Fsp3) is 0.400. The Labute approximate surface area is 114 Å². The summed E-state index contributed by atoms with van der Waals surface area (Å²) in [6, 6.07) is 0.988. The summed E-state index contributed by atoms with van der Waals surface area (Å²) in [7, 11) is 1.09. The largest absolute Gasteiger partial charge is 0.574 e. The monoisotopic (exact) mass is 343 g/mol. The summed E-state index contributed by atoms with van der Waals surface area (Å²) in [5.74, 6) is -1.91. The lowest BCUT2D eigenvalue weighted by Gasteiger charge is -2.13. The molecule has 0 saturated carbocycles. The van der Waals surface area contributed by atoms with E-state index in [1.807, 2.05) is 0 Å². The third-order valence-corrected chi connectivity index (χ3v) is 2.55. The number of alkyl halides is 4. The van der Waals surface area contributed by atoms with Gasteiger partial charge in [-0.1, -0.05) is 15.9 Å². The molecule has 0 aliphatic carbocycles. The number of aromatic hydroxyl groups is 1. The summed E-state index contributed by atoms with van der Waals surface area (Å²) in [5, 5.41) is 9.55. The van der Waals surface area contributed by atoms with Crippen LogP contribution in [0.3, 0.4) is 0 Å². The molecule has 1 heterocycles. The number of methoxy groups -OCH3 is 1. The van der Waals surface area contributed by atoms with Crippen molar-refractivity contribution in [1.82, 2.24) is 4.98 Å². The maximum absolute atomic E-state index is 12.2. The van der Waals surface area contributed by atoms with E-state index in [1.165, 1.54) is 0 Å². The van der Waals surface area contributed by atoms with Gasteiger partial charge in [0.15, 0.2) is 0 Å². The van der Waals surface area contributed by atoms with Crippen LogP contribution in [0.15, 0.2) is 6.07 Å². The van der Waals surface area contributed by atoms with Crippen LogP contribution in [0.5, 0.6) is 11.6 Å². The molecule has 0 fully saturated rings. The molecule has 1 aromatic rings. The number of carbonyl (C=O) groups is 1. The number of hydrogen-bond donors (Lipinski definition) is 1. The highest BCUT2D eigenvalue weighted by molar-refractivity contribution is 9.08. The van der Waals surface area contributed by atoms with Crippen molar-refractivity contribution < 1.29 is 32.5 Å². The van der Waals surface area contributed by atoms with Gasteiger partial charge in [-0.05, 0) is 6.07 Å². The second-order valence-corrected chi connectivity index (χ2v) is 3.91. The molecule has 106 valence electrons. The van der Waals surface area contributed by atoms with Gasteiger partial charge in [-0.2, -0.15) is 0 Å². The third-order valence-electron chi connectivity index (χ3n) is 2.02. The zero-order chi connectivity index (χ0) is 14.6. The molecule has 0 aliphatic rings. The minimum Gasteiger partial charge on any atom is -0.506 e. The Balaban J connectivity index is 3.18. The Morgan fingerprint density at radius 1 is 1.53 bits per heavy atom. The molecular weight excluding hydrogens is 335 g/mol. The van der Waals surface area contributed by atoms with Gasteiger partial charge in [-0.25, -0.2) is 4.98 Å². The van der Waals surface area contributed by atoms with E-state index in [2.05, 4.69) is 30.4 Å². The molecule has 0 spiro atoms. The molecule has 0 radical (unpaired) electrons. The average molecular weight is 344 g/mol. The van der Waals surface area contributed by atoms with Gasteiger partial charge in [0.05, 0.1) is 19.2 Å². The normalized spacial score (nSPS) is 11.2. The van der Waals surface area contributed by atoms with Crippen LogP contribution in [0.4, 0.5) is 13.2 Å². The van der Waals surface area contributed by atoms with E-state index in [0.717, 1.165) is 13.2 Å². The molecule has 5 nitrogen and oxygen atoms in total. The van der Waals surface area contributed by atoms with E-state index < -0.39 is 24.6 Å². The highest BCUT2D eigenvalue weighted by Crippen LogP contribution is 2.30. The highest BCUT2D eigenvalue weighted by atomic mass is 79.9. The SMILES string of the molecule is COC(=O)Cc1cc(O)c(CBr)nc1OC(F)(F)F. The quantitative estimate of drug-likeness (QED) is 0.671. The van der Waals surface area contributed by atoms with Gasteiger partial charge in [-0.15, -0.1) is 13.2 Å². The van der Waals surface area contributed by atoms with Gasteiger partial charge < -0.3 is 14.6 Å². The summed E-state index contributed by atoms with van der Waals surface area (Å²) < 4.78 is 44.7. The topological polar surface area (TPSA) is 68.7 Å². The predicted molar refractivity (Wildman–Crippen MR) is 60.9 cm³/mol.